The van der Waals surface area contributed by atoms with Gasteiger partial charge in [-0.3, -0.25) is 0 Å². The molecule has 0 unspecified atom stereocenters. The number of oxazole rings is 1. The molecule has 0 saturated carbocycles. The van der Waals surface area contributed by atoms with Gasteiger partial charge in [-0.25, -0.2) is 4.98 Å². The van der Waals surface area contributed by atoms with E-state index in [0.29, 0.717) is 11.5 Å². The summed E-state index contributed by atoms with van der Waals surface area (Å²) in [4.78, 5) is 7.28. The van der Waals surface area contributed by atoms with Crippen LogP contribution in [-0.4, -0.2) is 4.98 Å². The SMILES string of the molecule is c1ccc(-c2ccc(N(c3ccccc3-c3cccc4ccccc34)c3cccc4oc5cc6oc(-c7ccccc7)nc6cc5c34)cc2)cc1. The van der Waals surface area contributed by atoms with Gasteiger partial charge in [0.15, 0.2) is 5.58 Å². The summed E-state index contributed by atoms with van der Waals surface area (Å²) in [7, 11) is 0. The van der Waals surface area contributed by atoms with Crippen molar-refractivity contribution in [1.29, 1.82) is 0 Å². The van der Waals surface area contributed by atoms with Gasteiger partial charge >= 0.3 is 0 Å². The van der Waals surface area contributed by atoms with Crippen LogP contribution < -0.4 is 4.90 Å². The number of fused-ring (bicyclic) bond motifs is 5. The predicted molar refractivity (Wildman–Crippen MR) is 210 cm³/mol. The van der Waals surface area contributed by atoms with Gasteiger partial charge in [0.2, 0.25) is 5.89 Å². The van der Waals surface area contributed by atoms with E-state index < -0.39 is 0 Å². The van der Waals surface area contributed by atoms with Gasteiger partial charge in [-0.2, -0.15) is 0 Å². The first-order valence-electron chi connectivity index (χ1n) is 17.1. The molecule has 0 atom stereocenters. The van der Waals surface area contributed by atoms with E-state index >= 15 is 0 Å². The Morgan fingerprint density at radius 2 is 1.06 bits per heavy atom. The number of rotatable bonds is 6. The molecule has 4 nitrogen and oxygen atoms in total. The zero-order chi connectivity index (χ0) is 33.7. The molecule has 0 fully saturated rings. The fourth-order valence-corrected chi connectivity index (χ4v) is 7.32. The summed E-state index contributed by atoms with van der Waals surface area (Å²) in [6, 6.07) is 63.5. The molecular weight excluding hydrogens is 625 g/mol. The van der Waals surface area contributed by atoms with Crippen molar-refractivity contribution in [2.45, 2.75) is 0 Å². The molecule has 51 heavy (non-hydrogen) atoms. The minimum atomic E-state index is 0.590. The highest BCUT2D eigenvalue weighted by atomic mass is 16.4. The van der Waals surface area contributed by atoms with E-state index in [4.69, 9.17) is 13.8 Å². The third kappa shape index (κ3) is 4.96. The summed E-state index contributed by atoms with van der Waals surface area (Å²) in [6.45, 7) is 0. The number of aromatic nitrogens is 1. The Kier molecular flexibility index (Phi) is 6.78. The number of furan rings is 1. The molecule has 0 N–H and O–H groups in total. The van der Waals surface area contributed by atoms with Crippen molar-refractivity contribution in [3.63, 3.8) is 0 Å². The van der Waals surface area contributed by atoms with Gasteiger partial charge in [-0.1, -0.05) is 127 Å². The van der Waals surface area contributed by atoms with Gasteiger partial charge in [-0.05, 0) is 76.0 Å². The maximum atomic E-state index is 6.57. The van der Waals surface area contributed by atoms with Gasteiger partial charge in [0.25, 0.3) is 0 Å². The molecule has 8 aromatic carbocycles. The molecule has 0 radical (unpaired) electrons. The maximum Gasteiger partial charge on any atom is 0.227 e. The lowest BCUT2D eigenvalue weighted by Crippen LogP contribution is -2.11. The summed E-state index contributed by atoms with van der Waals surface area (Å²) in [5.41, 5.74) is 11.7. The number of benzene rings is 8. The van der Waals surface area contributed by atoms with E-state index in [0.717, 1.165) is 61.2 Å². The number of para-hydroxylation sites is 1. The lowest BCUT2D eigenvalue weighted by Gasteiger charge is -2.29. The van der Waals surface area contributed by atoms with Crippen LogP contribution in [0.1, 0.15) is 0 Å². The molecule has 2 aromatic heterocycles. The molecule has 0 aliphatic heterocycles. The van der Waals surface area contributed by atoms with Crippen molar-refractivity contribution < 1.29 is 8.83 Å². The predicted octanol–water partition coefficient (Wildman–Crippen LogP) is 13.4. The van der Waals surface area contributed by atoms with Crippen molar-refractivity contribution in [2.24, 2.45) is 0 Å². The number of anilines is 3. The second-order valence-corrected chi connectivity index (χ2v) is 12.7. The normalized spacial score (nSPS) is 11.5. The van der Waals surface area contributed by atoms with E-state index in [1.54, 1.807) is 0 Å². The van der Waals surface area contributed by atoms with Crippen molar-refractivity contribution in [3.8, 4) is 33.7 Å². The number of hydrogen-bond donors (Lipinski definition) is 0. The first kappa shape index (κ1) is 29.0. The molecule has 240 valence electrons. The quantitative estimate of drug-likeness (QED) is 0.179. The Balaban J connectivity index is 1.22. The van der Waals surface area contributed by atoms with Crippen LogP contribution in [0.5, 0.6) is 0 Å². The van der Waals surface area contributed by atoms with Crippen LogP contribution in [0.15, 0.2) is 191 Å². The topological polar surface area (TPSA) is 42.4 Å². The first-order valence-corrected chi connectivity index (χ1v) is 17.1. The van der Waals surface area contributed by atoms with E-state index in [-0.39, 0.29) is 0 Å². The average molecular weight is 655 g/mol. The molecule has 0 spiro atoms. The van der Waals surface area contributed by atoms with Crippen LogP contribution in [0.3, 0.4) is 0 Å². The van der Waals surface area contributed by atoms with Crippen LogP contribution in [0.2, 0.25) is 0 Å². The van der Waals surface area contributed by atoms with Crippen LogP contribution in [-0.2, 0) is 0 Å². The van der Waals surface area contributed by atoms with Gasteiger partial charge in [0, 0.05) is 28.3 Å². The third-order valence-electron chi connectivity index (χ3n) is 9.70. The summed E-state index contributed by atoms with van der Waals surface area (Å²) in [6.07, 6.45) is 0. The lowest BCUT2D eigenvalue weighted by molar-refractivity contribution is 0.617. The second-order valence-electron chi connectivity index (χ2n) is 12.7. The molecule has 10 rings (SSSR count). The molecule has 0 aliphatic carbocycles. The molecule has 10 aromatic rings. The highest BCUT2D eigenvalue weighted by Crippen LogP contribution is 2.47. The van der Waals surface area contributed by atoms with Crippen LogP contribution in [0.25, 0.3) is 77.5 Å². The Hall–Kier alpha value is -6.91. The standard InChI is InChI=1S/C47H30N2O2/c1-3-13-31(14-4-1)32-25-27-35(28-26-32)49(41-22-10-9-20-38(41)37-21-11-18-33-15-7-8-19-36(33)37)42-23-12-24-43-46(42)39-29-40-45(30-44(39)50-43)51-47(48-40)34-16-5-2-6-17-34/h1-30H. The summed E-state index contributed by atoms with van der Waals surface area (Å²) in [5, 5.41) is 4.41. The smallest absolute Gasteiger partial charge is 0.227 e. The van der Waals surface area contributed by atoms with Crippen LogP contribution in [0, 0.1) is 0 Å². The maximum absolute atomic E-state index is 6.57. The van der Waals surface area contributed by atoms with Crippen LogP contribution >= 0.6 is 0 Å². The molecule has 0 bridgehead atoms. The van der Waals surface area contributed by atoms with Crippen LogP contribution in [0.4, 0.5) is 17.1 Å². The fourth-order valence-electron chi connectivity index (χ4n) is 7.32. The van der Waals surface area contributed by atoms with E-state index in [2.05, 4.69) is 144 Å². The fraction of sp³-hybridized carbons (Fsp3) is 0. The minimum Gasteiger partial charge on any atom is -0.456 e. The van der Waals surface area contributed by atoms with Gasteiger partial charge in [0.1, 0.15) is 16.7 Å². The Bertz CT molecular complexity index is 2850. The lowest BCUT2D eigenvalue weighted by atomic mass is 9.95. The monoisotopic (exact) mass is 654 g/mol. The molecule has 4 heteroatoms. The van der Waals surface area contributed by atoms with E-state index in [1.807, 2.05) is 42.5 Å². The van der Waals surface area contributed by atoms with Crippen molar-refractivity contribution >= 4 is 60.9 Å². The van der Waals surface area contributed by atoms with E-state index in [9.17, 15) is 0 Å². The zero-order valence-corrected chi connectivity index (χ0v) is 27.5. The zero-order valence-electron chi connectivity index (χ0n) is 27.5. The first-order chi connectivity index (χ1) is 25.3. The van der Waals surface area contributed by atoms with E-state index in [1.165, 1.54) is 21.9 Å². The second kappa shape index (κ2) is 11.9. The highest BCUT2D eigenvalue weighted by molar-refractivity contribution is 6.16. The third-order valence-corrected chi connectivity index (χ3v) is 9.70. The van der Waals surface area contributed by atoms with Crippen molar-refractivity contribution in [3.05, 3.63) is 182 Å². The Labute approximate surface area is 294 Å². The number of nitrogens with zero attached hydrogens (tertiary/aromatic N) is 2. The molecule has 0 saturated heterocycles. The van der Waals surface area contributed by atoms with Crippen molar-refractivity contribution in [2.75, 3.05) is 4.90 Å². The molecule has 0 amide bonds. The minimum absolute atomic E-state index is 0.590. The Morgan fingerprint density at radius 1 is 0.412 bits per heavy atom. The Morgan fingerprint density at radius 3 is 1.90 bits per heavy atom. The summed E-state index contributed by atoms with van der Waals surface area (Å²) < 4.78 is 12.8. The summed E-state index contributed by atoms with van der Waals surface area (Å²) in [5.74, 6) is 0.590. The highest BCUT2D eigenvalue weighted by Gasteiger charge is 2.23. The molecule has 2 heterocycles. The summed E-state index contributed by atoms with van der Waals surface area (Å²) >= 11 is 0. The van der Waals surface area contributed by atoms with Gasteiger partial charge in [-0.15, -0.1) is 0 Å². The number of hydrogen-bond acceptors (Lipinski definition) is 4. The van der Waals surface area contributed by atoms with Gasteiger partial charge < -0.3 is 13.7 Å². The largest absolute Gasteiger partial charge is 0.456 e. The average Bonchev–Trinajstić information content (AvgIpc) is 3.79. The molecule has 0 aliphatic rings. The molecular formula is C47H30N2O2. The van der Waals surface area contributed by atoms with Gasteiger partial charge in [0.05, 0.1) is 16.8 Å². The van der Waals surface area contributed by atoms with Crippen molar-refractivity contribution in [1.82, 2.24) is 4.98 Å².